The van der Waals surface area contributed by atoms with Crippen LogP contribution in [0.4, 0.5) is 21.9 Å². The fourth-order valence-electron chi connectivity index (χ4n) is 5.67. The highest BCUT2D eigenvalue weighted by molar-refractivity contribution is 7.21. The number of carbonyl (C=O) groups is 2. The second-order valence-electron chi connectivity index (χ2n) is 10.1. The molecule has 1 aliphatic carbocycles. The second-order valence-corrected chi connectivity index (χ2v) is 11.1. The highest BCUT2D eigenvalue weighted by Gasteiger charge is 2.34. The number of amides is 3. The molecule has 1 saturated carbocycles. The predicted molar refractivity (Wildman–Crippen MR) is 143 cm³/mol. The van der Waals surface area contributed by atoms with Crippen LogP contribution in [0.5, 0.6) is 5.75 Å². The number of anilines is 3. The van der Waals surface area contributed by atoms with Crippen LogP contribution in [-0.2, 0) is 0 Å². The van der Waals surface area contributed by atoms with Gasteiger partial charge in [-0.15, -0.1) is 11.3 Å². The average Bonchev–Trinajstić information content (AvgIpc) is 3.49. The molecule has 9 heteroatoms. The number of benzene rings is 1. The normalized spacial score (nSPS) is 20.6. The lowest BCUT2D eigenvalue weighted by molar-refractivity contribution is 0.0917. The molecule has 36 heavy (non-hydrogen) atoms. The maximum atomic E-state index is 13.4. The molecule has 3 aromatic rings. The number of aromatic nitrogens is 1. The van der Waals surface area contributed by atoms with E-state index >= 15 is 0 Å². The first kappa shape index (κ1) is 23.2. The molecule has 2 N–H and O–H groups in total. The number of pyridine rings is 1. The van der Waals surface area contributed by atoms with E-state index in [0.717, 1.165) is 71.7 Å². The average molecular weight is 506 g/mol. The highest BCUT2D eigenvalue weighted by atomic mass is 32.1. The Bertz CT molecular complexity index is 1330. The summed E-state index contributed by atoms with van der Waals surface area (Å²) in [5.41, 5.74) is 3.02. The Morgan fingerprint density at radius 3 is 2.78 bits per heavy atom. The zero-order valence-corrected chi connectivity index (χ0v) is 21.5. The van der Waals surface area contributed by atoms with Crippen LogP contribution in [0, 0.1) is 6.92 Å². The third-order valence-corrected chi connectivity index (χ3v) is 8.52. The first-order valence-corrected chi connectivity index (χ1v) is 13.6. The minimum absolute atomic E-state index is 0.101. The number of ether oxygens (including phenoxy) is 1. The van der Waals surface area contributed by atoms with Crippen molar-refractivity contribution in [2.45, 2.75) is 57.6 Å². The Kier molecular flexibility index (Phi) is 6.05. The molecule has 3 aliphatic rings. The van der Waals surface area contributed by atoms with E-state index in [4.69, 9.17) is 4.74 Å². The van der Waals surface area contributed by atoms with Crippen LogP contribution in [0.3, 0.4) is 0 Å². The number of thiophene rings is 1. The van der Waals surface area contributed by atoms with Gasteiger partial charge >= 0.3 is 6.03 Å². The van der Waals surface area contributed by atoms with Gasteiger partial charge in [0.05, 0.1) is 28.6 Å². The van der Waals surface area contributed by atoms with Crippen molar-refractivity contribution in [1.29, 1.82) is 0 Å². The number of likely N-dealkylation sites (N-methyl/N-ethyl adjacent to an activating group) is 1. The molecule has 8 nitrogen and oxygen atoms in total. The third-order valence-electron chi connectivity index (χ3n) is 7.43. The molecule has 1 aromatic carbocycles. The van der Waals surface area contributed by atoms with Gasteiger partial charge in [0.15, 0.2) is 0 Å². The maximum Gasteiger partial charge on any atom is 0.331 e. The van der Waals surface area contributed by atoms with Gasteiger partial charge in [-0.25, -0.2) is 9.78 Å². The van der Waals surface area contributed by atoms with E-state index in [2.05, 4.69) is 27.6 Å². The number of urea groups is 1. The summed E-state index contributed by atoms with van der Waals surface area (Å²) in [4.78, 5) is 36.4. The minimum atomic E-state index is -0.285. The van der Waals surface area contributed by atoms with Crippen molar-refractivity contribution in [3.05, 3.63) is 40.9 Å². The van der Waals surface area contributed by atoms with Crippen molar-refractivity contribution in [3.63, 3.8) is 0 Å². The van der Waals surface area contributed by atoms with E-state index in [1.165, 1.54) is 24.2 Å². The van der Waals surface area contributed by atoms with Crippen LogP contribution >= 0.6 is 11.3 Å². The molecule has 188 valence electrons. The molecule has 0 unspecified atom stereocenters. The van der Waals surface area contributed by atoms with Gasteiger partial charge in [0, 0.05) is 18.8 Å². The second kappa shape index (κ2) is 9.37. The molecule has 2 aromatic heterocycles. The molecule has 6 rings (SSSR count). The molecule has 0 radical (unpaired) electrons. The van der Waals surface area contributed by atoms with Gasteiger partial charge in [0.1, 0.15) is 15.5 Å². The maximum absolute atomic E-state index is 13.4. The number of rotatable bonds is 5. The summed E-state index contributed by atoms with van der Waals surface area (Å²) in [5, 5.41) is 6.98. The SMILES string of the molecule is Cc1cc(OC2CCCC2)ccc1N1C(=O)Nc2c(C(=O)N[C@@H]3CCCN(C)C3)sc3nccc1c23. The molecular formula is C27H31N5O3S. The van der Waals surface area contributed by atoms with Crippen LogP contribution < -0.4 is 20.3 Å². The topological polar surface area (TPSA) is 86.8 Å². The third kappa shape index (κ3) is 4.20. The fraction of sp³-hybridized carbons (Fsp3) is 0.444. The summed E-state index contributed by atoms with van der Waals surface area (Å²) >= 11 is 1.33. The number of piperidine rings is 1. The quantitative estimate of drug-likeness (QED) is 0.483. The van der Waals surface area contributed by atoms with E-state index in [1.54, 1.807) is 11.1 Å². The summed E-state index contributed by atoms with van der Waals surface area (Å²) in [6.45, 7) is 3.87. The summed E-state index contributed by atoms with van der Waals surface area (Å²) in [5.74, 6) is 0.682. The van der Waals surface area contributed by atoms with Gasteiger partial charge in [-0.2, -0.15) is 0 Å². The fourth-order valence-corrected chi connectivity index (χ4v) is 6.69. The van der Waals surface area contributed by atoms with Gasteiger partial charge in [0.25, 0.3) is 5.91 Å². The zero-order chi connectivity index (χ0) is 24.8. The van der Waals surface area contributed by atoms with E-state index in [-0.39, 0.29) is 24.1 Å². The number of carbonyl (C=O) groups excluding carboxylic acids is 2. The minimum Gasteiger partial charge on any atom is -0.490 e. The van der Waals surface area contributed by atoms with Crippen LogP contribution in [0.1, 0.15) is 53.8 Å². The van der Waals surface area contributed by atoms with Gasteiger partial charge in [-0.05, 0) is 88.9 Å². The standard InChI is InChI=1S/C27H31N5O3S/c1-16-14-19(35-18-7-3-4-8-18)9-10-20(16)32-21-11-12-28-26-22(21)23(30-27(32)34)24(36-26)25(33)29-17-6-5-13-31(2)15-17/h9-12,14,17-18H,3-8,13,15H2,1-2H3,(H,29,33)(H,30,34)/t17-/m1/s1. The Labute approximate surface area is 214 Å². The van der Waals surface area contributed by atoms with Gasteiger partial charge in [-0.3, -0.25) is 9.69 Å². The van der Waals surface area contributed by atoms with Gasteiger partial charge in [-0.1, -0.05) is 0 Å². The largest absolute Gasteiger partial charge is 0.490 e. The molecular weight excluding hydrogens is 474 g/mol. The number of nitrogens with one attached hydrogen (secondary N) is 2. The number of aryl methyl sites for hydroxylation is 1. The first-order chi connectivity index (χ1) is 17.5. The molecule has 3 amide bonds. The summed E-state index contributed by atoms with van der Waals surface area (Å²) in [7, 11) is 2.07. The van der Waals surface area contributed by atoms with Crippen molar-refractivity contribution in [2.75, 3.05) is 30.4 Å². The van der Waals surface area contributed by atoms with Crippen molar-refractivity contribution in [1.82, 2.24) is 15.2 Å². The lowest BCUT2D eigenvalue weighted by atomic mass is 10.1. The molecule has 2 aliphatic heterocycles. The van der Waals surface area contributed by atoms with Crippen LogP contribution in [0.15, 0.2) is 30.5 Å². The van der Waals surface area contributed by atoms with E-state index in [9.17, 15) is 9.59 Å². The van der Waals surface area contributed by atoms with Gasteiger partial charge < -0.3 is 20.3 Å². The van der Waals surface area contributed by atoms with Crippen molar-refractivity contribution in [2.24, 2.45) is 0 Å². The molecule has 0 bridgehead atoms. The summed E-state index contributed by atoms with van der Waals surface area (Å²) in [6.07, 6.45) is 8.62. The molecule has 0 spiro atoms. The zero-order valence-electron chi connectivity index (χ0n) is 20.7. The smallest absolute Gasteiger partial charge is 0.331 e. The predicted octanol–water partition coefficient (Wildman–Crippen LogP) is 5.43. The van der Waals surface area contributed by atoms with E-state index in [1.807, 2.05) is 31.2 Å². The van der Waals surface area contributed by atoms with E-state index in [0.29, 0.717) is 10.6 Å². The lowest BCUT2D eigenvalue weighted by Gasteiger charge is -2.31. The van der Waals surface area contributed by atoms with Crippen LogP contribution in [-0.4, -0.2) is 54.1 Å². The van der Waals surface area contributed by atoms with Crippen LogP contribution in [0.2, 0.25) is 0 Å². The summed E-state index contributed by atoms with van der Waals surface area (Å²) < 4.78 is 6.16. The number of nitrogens with zero attached hydrogens (tertiary/aromatic N) is 3. The Morgan fingerprint density at radius 1 is 1.17 bits per heavy atom. The van der Waals surface area contributed by atoms with E-state index < -0.39 is 0 Å². The Balaban J connectivity index is 1.32. The number of likely N-dealkylation sites (tertiary alicyclic amines) is 1. The molecule has 2 fully saturated rings. The van der Waals surface area contributed by atoms with Gasteiger partial charge in [0.2, 0.25) is 0 Å². The van der Waals surface area contributed by atoms with Crippen molar-refractivity contribution < 1.29 is 14.3 Å². The van der Waals surface area contributed by atoms with Crippen LogP contribution in [0.25, 0.3) is 10.2 Å². The monoisotopic (exact) mass is 505 g/mol. The Hall–Kier alpha value is -3.17. The molecule has 1 saturated heterocycles. The first-order valence-electron chi connectivity index (χ1n) is 12.8. The Morgan fingerprint density at radius 2 is 2.00 bits per heavy atom. The number of hydrogen-bond acceptors (Lipinski definition) is 6. The molecule has 4 heterocycles. The summed E-state index contributed by atoms with van der Waals surface area (Å²) in [6, 6.07) is 7.54. The highest BCUT2D eigenvalue weighted by Crippen LogP contribution is 2.46. The van der Waals surface area contributed by atoms with Crippen molar-refractivity contribution >= 4 is 50.6 Å². The van der Waals surface area contributed by atoms with Crippen molar-refractivity contribution in [3.8, 4) is 5.75 Å². The molecule has 1 atom stereocenters. The number of hydrogen-bond donors (Lipinski definition) is 2. The lowest BCUT2D eigenvalue weighted by Crippen LogP contribution is -2.46.